The average molecular weight is 397 g/mol. The highest BCUT2D eigenvalue weighted by atomic mass is 79.9. The number of amides is 1. The largest absolute Gasteiger partial charge is 0.481 e. The van der Waals surface area contributed by atoms with Gasteiger partial charge in [-0.15, -0.1) is 11.3 Å². The fourth-order valence-electron chi connectivity index (χ4n) is 1.65. The Kier molecular flexibility index (Phi) is 4.45. The molecule has 1 aromatic heterocycles. The van der Waals surface area contributed by atoms with Gasteiger partial charge in [0.1, 0.15) is 0 Å². The van der Waals surface area contributed by atoms with E-state index in [0.717, 1.165) is 21.1 Å². The highest BCUT2D eigenvalue weighted by Crippen LogP contribution is 2.35. The molecule has 0 aromatic carbocycles. The van der Waals surface area contributed by atoms with Crippen LogP contribution in [0.3, 0.4) is 0 Å². The van der Waals surface area contributed by atoms with Gasteiger partial charge in [0.05, 0.1) is 15.1 Å². The van der Waals surface area contributed by atoms with Gasteiger partial charge < -0.3 is 10.0 Å². The molecular weight excluding hydrogens is 386 g/mol. The van der Waals surface area contributed by atoms with Gasteiger partial charge >= 0.3 is 5.97 Å². The van der Waals surface area contributed by atoms with E-state index in [2.05, 4.69) is 31.9 Å². The summed E-state index contributed by atoms with van der Waals surface area (Å²) in [4.78, 5) is 25.2. The molecule has 0 radical (unpaired) electrons. The summed E-state index contributed by atoms with van der Waals surface area (Å²) in [5.74, 6) is -0.947. The molecule has 0 saturated heterocycles. The Labute approximate surface area is 125 Å². The summed E-state index contributed by atoms with van der Waals surface area (Å²) in [6.07, 6.45) is 1.94. The number of halogens is 2. The van der Waals surface area contributed by atoms with Crippen molar-refractivity contribution in [2.24, 2.45) is 0 Å². The first kappa shape index (κ1) is 14.0. The number of rotatable bonds is 5. The van der Waals surface area contributed by atoms with Crippen LogP contribution in [-0.4, -0.2) is 34.5 Å². The van der Waals surface area contributed by atoms with Crippen LogP contribution in [0.4, 0.5) is 0 Å². The van der Waals surface area contributed by atoms with Gasteiger partial charge in [0, 0.05) is 17.1 Å². The average Bonchev–Trinajstić information content (AvgIpc) is 3.06. The first-order valence-corrected chi connectivity index (χ1v) is 7.87. The summed E-state index contributed by atoms with van der Waals surface area (Å²) >= 11 is 8.06. The second kappa shape index (κ2) is 5.71. The molecule has 0 atom stereocenters. The Morgan fingerprint density at radius 1 is 1.44 bits per heavy atom. The minimum absolute atomic E-state index is 0.00401. The van der Waals surface area contributed by atoms with Crippen molar-refractivity contribution in [3.8, 4) is 0 Å². The SMILES string of the molecule is O=C(O)CCN(C(=O)c1cc(Br)c(Br)s1)C1CC1. The minimum atomic E-state index is -0.873. The predicted octanol–water partition coefficient (Wildman–Crippen LogP) is 3.35. The van der Waals surface area contributed by atoms with Crippen molar-refractivity contribution >= 4 is 55.1 Å². The summed E-state index contributed by atoms with van der Waals surface area (Å²) in [5.41, 5.74) is 0. The smallest absolute Gasteiger partial charge is 0.305 e. The first-order valence-electron chi connectivity index (χ1n) is 5.46. The lowest BCUT2D eigenvalue weighted by Gasteiger charge is -2.20. The van der Waals surface area contributed by atoms with Gasteiger partial charge in [-0.05, 0) is 50.8 Å². The Bertz CT molecular complexity index is 465. The quantitative estimate of drug-likeness (QED) is 0.830. The number of hydrogen-bond donors (Lipinski definition) is 1. The third-order valence-corrected chi connectivity index (χ3v) is 5.92. The molecule has 18 heavy (non-hydrogen) atoms. The van der Waals surface area contributed by atoms with Crippen molar-refractivity contribution in [3.05, 3.63) is 19.2 Å². The number of carboxylic acid groups (broad SMARTS) is 1. The van der Waals surface area contributed by atoms with Crippen molar-refractivity contribution < 1.29 is 14.7 Å². The molecule has 1 amide bonds. The maximum Gasteiger partial charge on any atom is 0.305 e. The van der Waals surface area contributed by atoms with Gasteiger partial charge in [0.2, 0.25) is 0 Å². The number of carbonyl (C=O) groups excluding carboxylic acids is 1. The maximum atomic E-state index is 12.3. The van der Waals surface area contributed by atoms with Gasteiger partial charge in [-0.1, -0.05) is 0 Å². The zero-order chi connectivity index (χ0) is 13.3. The van der Waals surface area contributed by atoms with Crippen LogP contribution in [0.25, 0.3) is 0 Å². The van der Waals surface area contributed by atoms with Crippen LogP contribution in [-0.2, 0) is 4.79 Å². The summed E-state index contributed by atoms with van der Waals surface area (Å²) in [5, 5.41) is 8.71. The number of hydrogen-bond acceptors (Lipinski definition) is 3. The van der Waals surface area contributed by atoms with E-state index >= 15 is 0 Å². The van der Waals surface area contributed by atoms with Crippen molar-refractivity contribution in [1.82, 2.24) is 4.90 Å². The number of carbonyl (C=O) groups is 2. The molecule has 0 unspecified atom stereocenters. The third kappa shape index (κ3) is 3.33. The van der Waals surface area contributed by atoms with E-state index in [0.29, 0.717) is 4.88 Å². The van der Waals surface area contributed by atoms with Gasteiger partial charge in [0.25, 0.3) is 5.91 Å². The lowest BCUT2D eigenvalue weighted by Crippen LogP contribution is -2.34. The summed E-state index contributed by atoms with van der Waals surface area (Å²) in [7, 11) is 0. The van der Waals surface area contributed by atoms with Crippen LogP contribution in [0.15, 0.2) is 14.3 Å². The van der Waals surface area contributed by atoms with E-state index in [1.807, 2.05) is 0 Å². The van der Waals surface area contributed by atoms with E-state index in [9.17, 15) is 9.59 Å². The van der Waals surface area contributed by atoms with Crippen LogP contribution in [0.2, 0.25) is 0 Å². The molecule has 98 valence electrons. The monoisotopic (exact) mass is 395 g/mol. The fourth-order valence-corrected chi connectivity index (χ4v) is 3.64. The van der Waals surface area contributed by atoms with Gasteiger partial charge in [-0.25, -0.2) is 0 Å². The lowest BCUT2D eigenvalue weighted by atomic mass is 10.3. The van der Waals surface area contributed by atoms with Crippen molar-refractivity contribution in [1.29, 1.82) is 0 Å². The highest BCUT2D eigenvalue weighted by Gasteiger charge is 2.33. The van der Waals surface area contributed by atoms with Crippen LogP contribution < -0.4 is 0 Å². The molecule has 0 spiro atoms. The molecule has 4 nitrogen and oxygen atoms in total. The molecule has 1 heterocycles. The minimum Gasteiger partial charge on any atom is -0.481 e. The molecular formula is C11H11Br2NO3S. The molecule has 2 rings (SSSR count). The number of nitrogens with zero attached hydrogens (tertiary/aromatic N) is 1. The molecule has 1 fully saturated rings. The molecule has 0 bridgehead atoms. The Morgan fingerprint density at radius 3 is 2.56 bits per heavy atom. The van der Waals surface area contributed by atoms with Gasteiger partial charge in [-0.2, -0.15) is 0 Å². The van der Waals surface area contributed by atoms with Gasteiger partial charge in [0.15, 0.2) is 0 Å². The van der Waals surface area contributed by atoms with E-state index in [1.54, 1.807) is 11.0 Å². The first-order chi connectivity index (χ1) is 8.49. The molecule has 7 heteroatoms. The van der Waals surface area contributed by atoms with Crippen LogP contribution in [0, 0.1) is 0 Å². The van der Waals surface area contributed by atoms with Crippen molar-refractivity contribution in [2.45, 2.75) is 25.3 Å². The molecule has 1 aromatic rings. The summed E-state index contributed by atoms with van der Waals surface area (Å²) in [6.45, 7) is 0.284. The van der Waals surface area contributed by atoms with Gasteiger partial charge in [-0.3, -0.25) is 9.59 Å². The van der Waals surface area contributed by atoms with Crippen LogP contribution in [0.5, 0.6) is 0 Å². The molecule has 0 aliphatic heterocycles. The summed E-state index contributed by atoms with van der Waals surface area (Å²) in [6, 6.07) is 1.99. The second-order valence-electron chi connectivity index (χ2n) is 4.11. The number of carboxylic acids is 1. The maximum absolute atomic E-state index is 12.3. The highest BCUT2D eigenvalue weighted by molar-refractivity contribution is 9.13. The molecule has 1 aliphatic rings. The van der Waals surface area contributed by atoms with Crippen molar-refractivity contribution in [3.63, 3.8) is 0 Å². The standard InChI is InChI=1S/C11H11Br2NO3S/c12-7-5-8(18-10(7)13)11(17)14(6-1-2-6)4-3-9(15)16/h5-6H,1-4H2,(H,15,16). The normalized spacial score (nSPS) is 14.6. The molecule has 1 aliphatic carbocycles. The van der Waals surface area contributed by atoms with E-state index in [1.165, 1.54) is 11.3 Å². The van der Waals surface area contributed by atoms with E-state index in [4.69, 9.17) is 5.11 Å². The zero-order valence-electron chi connectivity index (χ0n) is 9.36. The zero-order valence-corrected chi connectivity index (χ0v) is 13.3. The van der Waals surface area contributed by atoms with E-state index in [-0.39, 0.29) is 24.9 Å². The van der Waals surface area contributed by atoms with Crippen LogP contribution >= 0.6 is 43.2 Å². The molecule has 1 saturated carbocycles. The number of thiophene rings is 1. The Balaban J connectivity index is 2.10. The third-order valence-electron chi connectivity index (χ3n) is 2.67. The van der Waals surface area contributed by atoms with Crippen molar-refractivity contribution in [2.75, 3.05) is 6.54 Å². The topological polar surface area (TPSA) is 57.6 Å². The number of aliphatic carboxylic acids is 1. The second-order valence-corrected chi connectivity index (χ2v) is 7.33. The summed E-state index contributed by atoms with van der Waals surface area (Å²) < 4.78 is 1.73. The van der Waals surface area contributed by atoms with E-state index < -0.39 is 5.97 Å². The Hall–Kier alpha value is -0.400. The van der Waals surface area contributed by atoms with Crippen LogP contribution in [0.1, 0.15) is 28.9 Å². The Morgan fingerprint density at radius 2 is 2.11 bits per heavy atom. The lowest BCUT2D eigenvalue weighted by molar-refractivity contribution is -0.137. The fraction of sp³-hybridized carbons (Fsp3) is 0.455. The molecule has 1 N–H and O–H groups in total. The predicted molar refractivity (Wildman–Crippen MR) is 76.0 cm³/mol.